The zero-order chi connectivity index (χ0) is 46.5. The van der Waals surface area contributed by atoms with Gasteiger partial charge < -0.3 is 61.4 Å². The lowest BCUT2D eigenvalue weighted by Crippen LogP contribution is -2.30. The highest BCUT2D eigenvalue weighted by molar-refractivity contribution is 6.04. The molecule has 6 amide bonds. The van der Waals surface area contributed by atoms with Crippen molar-refractivity contribution in [1.29, 1.82) is 0 Å². The first-order chi connectivity index (χ1) is 30.3. The van der Waals surface area contributed by atoms with Crippen molar-refractivity contribution in [3.63, 3.8) is 0 Å². The van der Waals surface area contributed by atoms with Crippen LogP contribution in [0.5, 0.6) is 0 Å². The minimum atomic E-state index is -0.949. The first-order valence-electron chi connectivity index (χ1n) is 21.5. The summed E-state index contributed by atoms with van der Waals surface area (Å²) in [5.41, 5.74) is 0.298. The monoisotopic (exact) mass is 894 g/mol. The molecule has 1 rings (SSSR count). The molecule has 0 aliphatic rings. The average Bonchev–Trinajstić information content (AvgIpc) is 3.23. The highest BCUT2D eigenvalue weighted by Gasteiger charge is 2.17. The van der Waals surface area contributed by atoms with E-state index >= 15 is 0 Å². The normalized spacial score (nSPS) is 10.7. The van der Waals surface area contributed by atoms with Crippen LogP contribution in [-0.4, -0.2) is 148 Å². The number of hydrogen-bond donors (Lipinski definition) is 9. The highest BCUT2D eigenvalue weighted by atomic mass is 16.5. The fraction of sp³-hybridized carbons (Fsp3) is 0.643. The van der Waals surface area contributed by atoms with Crippen molar-refractivity contribution < 1.29 is 72.7 Å². The molecule has 21 heteroatoms. The number of benzene rings is 1. The summed E-state index contributed by atoms with van der Waals surface area (Å²) >= 11 is 0. The Morgan fingerprint density at radius 1 is 0.333 bits per heavy atom. The standard InChI is InChI=1S/C42H66N6O15/c49-34(10-1-13-37(52)53)43-16-4-22-61-25-7-19-46-40(58)31-28-32(41(59)47-20-8-26-62-23-5-17-44-35(50)11-2-14-38(54)55)30-33(29-31)42(60)48-21-9-27-63-24-6-18-45-36(51)12-3-15-39(56)57/h28-30H,1-27H2,(H,43,49)(H,44,50)(H,45,51)(H,46,58)(H,47,59)(H,48,60)(H,52,53)(H,54,55)(H,56,57). The summed E-state index contributed by atoms with van der Waals surface area (Å²) in [5.74, 6) is -5.02. The molecule has 0 radical (unpaired) electrons. The van der Waals surface area contributed by atoms with Crippen molar-refractivity contribution in [2.24, 2.45) is 0 Å². The maximum Gasteiger partial charge on any atom is 0.303 e. The van der Waals surface area contributed by atoms with Crippen LogP contribution in [0.15, 0.2) is 18.2 Å². The summed E-state index contributed by atoms with van der Waals surface area (Å²) in [6.45, 7) is 3.99. The third-order valence-corrected chi connectivity index (χ3v) is 8.72. The maximum absolute atomic E-state index is 13.2. The quantitative estimate of drug-likeness (QED) is 0.0422. The molecule has 0 aromatic heterocycles. The Kier molecular flexibility index (Phi) is 31.5. The zero-order valence-electron chi connectivity index (χ0n) is 36.1. The number of carboxylic acids is 3. The van der Waals surface area contributed by atoms with E-state index in [9.17, 15) is 43.2 Å². The minimum absolute atomic E-state index is 0.0660. The van der Waals surface area contributed by atoms with E-state index in [1.54, 1.807) is 0 Å². The minimum Gasteiger partial charge on any atom is -0.481 e. The van der Waals surface area contributed by atoms with Gasteiger partial charge in [0.05, 0.1) is 0 Å². The van der Waals surface area contributed by atoms with Crippen molar-refractivity contribution >= 4 is 53.4 Å². The summed E-state index contributed by atoms with van der Waals surface area (Å²) in [4.78, 5) is 106. The molecule has 1 aromatic carbocycles. The van der Waals surface area contributed by atoms with Gasteiger partial charge in [-0.25, -0.2) is 0 Å². The molecular weight excluding hydrogens is 828 g/mol. The van der Waals surface area contributed by atoms with Gasteiger partial charge in [0.25, 0.3) is 17.7 Å². The van der Waals surface area contributed by atoms with Crippen LogP contribution in [0.4, 0.5) is 0 Å². The van der Waals surface area contributed by atoms with Crippen molar-refractivity contribution in [3.05, 3.63) is 34.9 Å². The molecule has 0 saturated carbocycles. The van der Waals surface area contributed by atoms with Crippen molar-refractivity contribution in [1.82, 2.24) is 31.9 Å². The predicted octanol–water partition coefficient (Wildman–Crippen LogP) is 1.38. The summed E-state index contributed by atoms with van der Waals surface area (Å²) in [6.07, 6.45) is 4.09. The molecule has 354 valence electrons. The van der Waals surface area contributed by atoms with Gasteiger partial charge >= 0.3 is 17.9 Å². The molecule has 63 heavy (non-hydrogen) atoms. The second-order valence-corrected chi connectivity index (χ2v) is 14.3. The number of hydrogen-bond acceptors (Lipinski definition) is 12. The largest absolute Gasteiger partial charge is 0.481 e. The first kappa shape index (κ1) is 55.3. The Morgan fingerprint density at radius 2 is 0.556 bits per heavy atom. The van der Waals surface area contributed by atoms with Crippen LogP contribution in [0.1, 0.15) is 127 Å². The molecule has 21 nitrogen and oxygen atoms in total. The van der Waals surface area contributed by atoms with Gasteiger partial charge in [-0.2, -0.15) is 0 Å². The van der Waals surface area contributed by atoms with Crippen LogP contribution < -0.4 is 31.9 Å². The van der Waals surface area contributed by atoms with E-state index in [1.807, 2.05) is 0 Å². The van der Waals surface area contributed by atoms with Gasteiger partial charge in [0.1, 0.15) is 0 Å². The lowest BCUT2D eigenvalue weighted by atomic mass is 10.0. The van der Waals surface area contributed by atoms with Crippen LogP contribution in [0.3, 0.4) is 0 Å². The second kappa shape index (κ2) is 35.9. The molecule has 0 unspecified atom stereocenters. The summed E-state index contributed by atoms with van der Waals surface area (Å²) in [5, 5.41) is 42.4. The maximum atomic E-state index is 13.2. The molecule has 0 fully saturated rings. The fourth-order valence-corrected chi connectivity index (χ4v) is 5.43. The summed E-state index contributed by atoms with van der Waals surface area (Å²) in [7, 11) is 0. The number of carboxylic acid groups (broad SMARTS) is 3. The zero-order valence-corrected chi connectivity index (χ0v) is 36.1. The number of amides is 6. The lowest BCUT2D eigenvalue weighted by molar-refractivity contribution is -0.138. The molecule has 0 spiro atoms. The Balaban J connectivity index is 2.57. The van der Waals surface area contributed by atoms with Crippen LogP contribution >= 0.6 is 0 Å². The first-order valence-corrected chi connectivity index (χ1v) is 21.5. The smallest absolute Gasteiger partial charge is 0.303 e. The van der Waals surface area contributed by atoms with E-state index in [0.29, 0.717) is 97.8 Å². The van der Waals surface area contributed by atoms with Gasteiger partial charge in [0, 0.05) is 134 Å². The number of rotatable bonds is 39. The molecule has 0 saturated heterocycles. The van der Waals surface area contributed by atoms with Gasteiger partial charge in [-0.05, 0) is 76.0 Å². The van der Waals surface area contributed by atoms with Crippen molar-refractivity contribution in [2.45, 2.75) is 96.3 Å². The predicted molar refractivity (Wildman–Crippen MR) is 227 cm³/mol. The molecule has 0 atom stereocenters. The fourth-order valence-electron chi connectivity index (χ4n) is 5.43. The number of carbonyl (C=O) groups excluding carboxylic acids is 6. The van der Waals surface area contributed by atoms with Crippen molar-refractivity contribution in [3.8, 4) is 0 Å². The molecule has 0 bridgehead atoms. The van der Waals surface area contributed by atoms with Gasteiger partial charge in [-0.3, -0.25) is 43.2 Å². The van der Waals surface area contributed by atoms with E-state index in [-0.39, 0.29) is 112 Å². The Bertz CT molecular complexity index is 1400. The molecule has 0 heterocycles. The molecule has 0 aliphatic heterocycles. The van der Waals surface area contributed by atoms with E-state index in [2.05, 4.69) is 31.9 Å². The van der Waals surface area contributed by atoms with Gasteiger partial charge in [-0.1, -0.05) is 0 Å². The average molecular weight is 895 g/mol. The topological polar surface area (TPSA) is 314 Å². The summed E-state index contributed by atoms with van der Waals surface area (Å²) < 4.78 is 16.7. The Hall–Kier alpha value is -5.67. The third-order valence-electron chi connectivity index (χ3n) is 8.72. The number of aliphatic carboxylic acids is 3. The third kappa shape index (κ3) is 31.8. The summed E-state index contributed by atoms with van der Waals surface area (Å²) in [6, 6.07) is 4.19. The van der Waals surface area contributed by atoms with E-state index in [1.165, 1.54) is 18.2 Å². The Morgan fingerprint density at radius 3 is 0.778 bits per heavy atom. The van der Waals surface area contributed by atoms with E-state index in [0.717, 1.165) is 0 Å². The molecule has 1 aromatic rings. The Labute approximate surface area is 367 Å². The molecular formula is C42H66N6O15. The van der Waals surface area contributed by atoms with Crippen LogP contribution in [0.25, 0.3) is 0 Å². The molecule has 9 N–H and O–H groups in total. The van der Waals surface area contributed by atoms with Crippen LogP contribution in [-0.2, 0) is 43.0 Å². The number of ether oxygens (including phenoxy) is 3. The van der Waals surface area contributed by atoms with E-state index < -0.39 is 35.6 Å². The SMILES string of the molecule is O=C(O)CCCC(=O)NCCCOCCCNC(=O)c1cc(C(=O)NCCCOCCCNC(=O)CCCC(=O)O)cc(C(=O)NCCCOCCCNC(=O)CCCC(=O)O)c1. The van der Waals surface area contributed by atoms with Gasteiger partial charge in [0.2, 0.25) is 17.7 Å². The lowest BCUT2D eigenvalue weighted by Gasteiger charge is -2.12. The number of nitrogens with one attached hydrogen (secondary N) is 6. The highest BCUT2D eigenvalue weighted by Crippen LogP contribution is 2.12. The van der Waals surface area contributed by atoms with Crippen molar-refractivity contribution in [2.75, 3.05) is 78.9 Å². The van der Waals surface area contributed by atoms with E-state index in [4.69, 9.17) is 29.5 Å². The molecule has 0 aliphatic carbocycles. The van der Waals surface area contributed by atoms with Gasteiger partial charge in [-0.15, -0.1) is 0 Å². The van der Waals surface area contributed by atoms with Crippen LogP contribution in [0, 0.1) is 0 Å². The van der Waals surface area contributed by atoms with Gasteiger partial charge in [0.15, 0.2) is 0 Å². The second-order valence-electron chi connectivity index (χ2n) is 14.3. The van der Waals surface area contributed by atoms with Crippen LogP contribution in [0.2, 0.25) is 0 Å². The number of carbonyl (C=O) groups is 9.